The first-order valence-electron chi connectivity index (χ1n) is 6.65. The van der Waals surface area contributed by atoms with Gasteiger partial charge in [-0.1, -0.05) is 30.3 Å². The normalized spacial score (nSPS) is 14.1. The fraction of sp³-hybridized carbons (Fsp3) is 0.400. The van der Waals surface area contributed by atoms with Crippen LogP contribution in [-0.2, 0) is 16.0 Å². The topological polar surface area (TPSA) is 56.5 Å². The van der Waals surface area contributed by atoms with Crippen LogP contribution in [0.15, 0.2) is 41.0 Å². The number of nitrogens with zero attached hydrogens (tertiary/aromatic N) is 2. The van der Waals surface area contributed by atoms with Gasteiger partial charge in [0.25, 0.3) is 0 Å². The molecule has 21 heavy (non-hydrogen) atoms. The van der Waals surface area contributed by atoms with Crippen molar-refractivity contribution >= 4 is 15.9 Å². The van der Waals surface area contributed by atoms with E-state index in [0.717, 1.165) is 10.0 Å². The molecule has 0 amide bonds. The first-order chi connectivity index (χ1) is 10.2. The molecule has 0 aliphatic rings. The van der Waals surface area contributed by atoms with E-state index in [1.54, 1.807) is 25.1 Å². The van der Waals surface area contributed by atoms with Crippen LogP contribution in [0.25, 0.3) is 0 Å². The monoisotopic (exact) mass is 354 g/mol. The van der Waals surface area contributed by atoms with Crippen LogP contribution in [0, 0.1) is 0 Å². The second-order valence-corrected chi connectivity index (χ2v) is 5.46. The van der Waals surface area contributed by atoms with Gasteiger partial charge in [-0.25, -0.2) is 0 Å². The molecule has 1 aromatic heterocycles. The fourth-order valence-corrected chi connectivity index (χ4v) is 2.79. The van der Waals surface area contributed by atoms with Crippen molar-refractivity contribution in [2.75, 3.05) is 20.8 Å². The molecule has 0 radical (unpaired) electrons. The number of aliphatic hydroxyl groups is 1. The minimum Gasteiger partial charge on any atom is -0.384 e. The maximum absolute atomic E-state index is 10.7. The summed E-state index contributed by atoms with van der Waals surface area (Å²) < 4.78 is 13.0. The summed E-state index contributed by atoms with van der Waals surface area (Å²) >= 11 is 3.44. The van der Waals surface area contributed by atoms with Crippen molar-refractivity contribution in [3.05, 3.63) is 52.3 Å². The minimum absolute atomic E-state index is 0.458. The number of aliphatic hydroxyl groups excluding tert-OH is 1. The van der Waals surface area contributed by atoms with Crippen molar-refractivity contribution in [2.45, 2.75) is 18.8 Å². The first-order valence-corrected chi connectivity index (χ1v) is 7.44. The van der Waals surface area contributed by atoms with Crippen molar-refractivity contribution in [3.8, 4) is 0 Å². The van der Waals surface area contributed by atoms with Crippen LogP contribution in [0.2, 0.25) is 0 Å². The largest absolute Gasteiger partial charge is 0.384 e. The molecule has 114 valence electrons. The van der Waals surface area contributed by atoms with Crippen molar-refractivity contribution in [3.63, 3.8) is 0 Å². The Hall–Kier alpha value is -1.21. The highest BCUT2D eigenvalue weighted by atomic mass is 79.9. The predicted octanol–water partition coefficient (Wildman–Crippen LogP) is 2.71. The molecule has 2 aromatic rings. The molecule has 2 rings (SSSR count). The third-order valence-corrected chi connectivity index (χ3v) is 3.90. The average molecular weight is 355 g/mol. The highest BCUT2D eigenvalue weighted by Crippen LogP contribution is 2.35. The Morgan fingerprint density at radius 1 is 1.29 bits per heavy atom. The van der Waals surface area contributed by atoms with E-state index in [2.05, 4.69) is 21.0 Å². The zero-order valence-electron chi connectivity index (χ0n) is 12.1. The predicted molar refractivity (Wildman–Crippen MR) is 83.0 cm³/mol. The molecule has 0 saturated heterocycles. The summed E-state index contributed by atoms with van der Waals surface area (Å²) in [6, 6.07) is 9.64. The van der Waals surface area contributed by atoms with Crippen LogP contribution in [-0.4, -0.2) is 35.7 Å². The molecule has 2 unspecified atom stereocenters. The molecule has 0 aliphatic carbocycles. The van der Waals surface area contributed by atoms with E-state index < -0.39 is 12.2 Å². The summed E-state index contributed by atoms with van der Waals surface area (Å²) in [6.45, 7) is 1.09. The second kappa shape index (κ2) is 7.70. The maximum Gasteiger partial charge on any atom is 0.127 e. The zero-order chi connectivity index (χ0) is 15.2. The molecule has 2 atom stereocenters. The van der Waals surface area contributed by atoms with E-state index in [0.29, 0.717) is 18.8 Å². The lowest BCUT2D eigenvalue weighted by molar-refractivity contribution is -0.0200. The number of rotatable bonds is 7. The molecule has 5 nitrogen and oxygen atoms in total. The number of benzene rings is 1. The lowest BCUT2D eigenvalue weighted by atomic mass is 10.0. The van der Waals surface area contributed by atoms with Gasteiger partial charge in [0.15, 0.2) is 0 Å². The van der Waals surface area contributed by atoms with Gasteiger partial charge in [-0.05, 0) is 21.5 Å². The highest BCUT2D eigenvalue weighted by Gasteiger charge is 2.27. The fourth-order valence-electron chi connectivity index (χ4n) is 2.26. The van der Waals surface area contributed by atoms with Crippen LogP contribution >= 0.6 is 15.9 Å². The molecule has 0 spiro atoms. The molecule has 0 bridgehead atoms. The maximum atomic E-state index is 10.7. The third kappa shape index (κ3) is 3.71. The molecule has 6 heteroatoms. The Bertz CT molecular complexity index is 559. The van der Waals surface area contributed by atoms with Gasteiger partial charge in [-0.2, -0.15) is 5.10 Å². The SMILES string of the molecule is COCCn1ncc(Br)c1C(O)C(OC)c1ccccc1. The van der Waals surface area contributed by atoms with Crippen LogP contribution in [0.1, 0.15) is 23.5 Å². The van der Waals surface area contributed by atoms with Crippen LogP contribution in [0.5, 0.6) is 0 Å². The van der Waals surface area contributed by atoms with E-state index in [-0.39, 0.29) is 0 Å². The van der Waals surface area contributed by atoms with Gasteiger partial charge in [0, 0.05) is 14.2 Å². The Balaban J connectivity index is 2.29. The minimum atomic E-state index is -0.828. The smallest absolute Gasteiger partial charge is 0.127 e. The Labute approximate surface area is 132 Å². The lowest BCUT2D eigenvalue weighted by Crippen LogP contribution is -2.19. The molecule has 0 aliphatic heterocycles. The summed E-state index contributed by atoms with van der Waals surface area (Å²) in [5.74, 6) is 0. The quantitative estimate of drug-likeness (QED) is 0.830. The molecular weight excluding hydrogens is 336 g/mol. The number of ether oxygens (including phenoxy) is 2. The van der Waals surface area contributed by atoms with Gasteiger partial charge >= 0.3 is 0 Å². The Morgan fingerprint density at radius 3 is 2.62 bits per heavy atom. The summed E-state index contributed by atoms with van der Waals surface area (Å²) in [4.78, 5) is 0. The molecule has 0 fully saturated rings. The van der Waals surface area contributed by atoms with Crippen LogP contribution < -0.4 is 0 Å². The van der Waals surface area contributed by atoms with E-state index in [9.17, 15) is 5.11 Å². The summed E-state index contributed by atoms with van der Waals surface area (Å²) in [6.07, 6.45) is 0.387. The summed E-state index contributed by atoms with van der Waals surface area (Å²) in [7, 11) is 3.22. The highest BCUT2D eigenvalue weighted by molar-refractivity contribution is 9.10. The van der Waals surface area contributed by atoms with Crippen molar-refractivity contribution in [1.82, 2.24) is 9.78 Å². The Morgan fingerprint density at radius 2 is 2.00 bits per heavy atom. The molecule has 1 N–H and O–H groups in total. The summed E-state index contributed by atoms with van der Waals surface area (Å²) in [5.41, 5.74) is 1.60. The van der Waals surface area contributed by atoms with Gasteiger partial charge in [-0.3, -0.25) is 4.68 Å². The number of methoxy groups -OCH3 is 2. The number of hydrogen-bond donors (Lipinski definition) is 1. The van der Waals surface area contributed by atoms with E-state index in [4.69, 9.17) is 9.47 Å². The van der Waals surface area contributed by atoms with Gasteiger partial charge in [0.05, 0.1) is 29.5 Å². The Kier molecular flexibility index (Phi) is 5.93. The zero-order valence-corrected chi connectivity index (χ0v) is 13.7. The van der Waals surface area contributed by atoms with Crippen LogP contribution in [0.3, 0.4) is 0 Å². The van der Waals surface area contributed by atoms with E-state index in [1.807, 2.05) is 30.3 Å². The molecule has 1 aromatic carbocycles. The first kappa shape index (κ1) is 16.2. The standard InChI is InChI=1S/C15H19BrN2O3/c1-20-9-8-18-13(12(16)10-17-18)14(19)15(21-2)11-6-4-3-5-7-11/h3-7,10,14-15,19H,8-9H2,1-2H3. The number of halogens is 1. The summed E-state index contributed by atoms with van der Waals surface area (Å²) in [5, 5.41) is 15.0. The molecular formula is C15H19BrN2O3. The lowest BCUT2D eigenvalue weighted by Gasteiger charge is -2.23. The molecule has 1 heterocycles. The van der Waals surface area contributed by atoms with Crippen LogP contribution in [0.4, 0.5) is 0 Å². The van der Waals surface area contributed by atoms with Gasteiger partial charge in [-0.15, -0.1) is 0 Å². The van der Waals surface area contributed by atoms with Gasteiger partial charge in [0.2, 0.25) is 0 Å². The van der Waals surface area contributed by atoms with E-state index in [1.165, 1.54) is 0 Å². The van der Waals surface area contributed by atoms with E-state index >= 15 is 0 Å². The van der Waals surface area contributed by atoms with Gasteiger partial charge < -0.3 is 14.6 Å². The van der Waals surface area contributed by atoms with Crippen molar-refractivity contribution < 1.29 is 14.6 Å². The molecule has 0 saturated carbocycles. The van der Waals surface area contributed by atoms with Gasteiger partial charge in [0.1, 0.15) is 12.2 Å². The second-order valence-electron chi connectivity index (χ2n) is 4.61. The average Bonchev–Trinajstić information content (AvgIpc) is 2.87. The van der Waals surface area contributed by atoms with Crippen molar-refractivity contribution in [1.29, 1.82) is 0 Å². The third-order valence-electron chi connectivity index (χ3n) is 3.29. The number of aromatic nitrogens is 2. The number of hydrogen-bond acceptors (Lipinski definition) is 4. The van der Waals surface area contributed by atoms with Crippen molar-refractivity contribution in [2.24, 2.45) is 0 Å².